The molecule has 0 spiro atoms. The molecule has 0 atom stereocenters. The van der Waals surface area contributed by atoms with Gasteiger partial charge in [0.25, 0.3) is 0 Å². The summed E-state index contributed by atoms with van der Waals surface area (Å²) < 4.78 is 2.73. The van der Waals surface area contributed by atoms with Crippen LogP contribution < -0.4 is 0 Å². The smallest absolute Gasteiger partial charge is 0.358 e. The number of hydrogen-bond acceptors (Lipinski definition) is 3. The normalized spacial score (nSPS) is 14.6. The molecule has 0 aliphatic heterocycles. The van der Waals surface area contributed by atoms with Crippen molar-refractivity contribution < 1.29 is 9.90 Å². The van der Waals surface area contributed by atoms with Crippen LogP contribution in [-0.2, 0) is 6.54 Å². The maximum absolute atomic E-state index is 11.1. The van der Waals surface area contributed by atoms with Gasteiger partial charge in [0.1, 0.15) is 0 Å². The van der Waals surface area contributed by atoms with E-state index in [2.05, 4.69) is 26.2 Å². The number of benzene rings is 1. The van der Waals surface area contributed by atoms with Crippen LogP contribution in [-0.4, -0.2) is 26.1 Å². The lowest BCUT2D eigenvalue weighted by molar-refractivity contribution is 0.0689. The van der Waals surface area contributed by atoms with Crippen LogP contribution in [0.15, 0.2) is 28.7 Å². The van der Waals surface area contributed by atoms with Crippen molar-refractivity contribution in [3.63, 3.8) is 0 Å². The van der Waals surface area contributed by atoms with Gasteiger partial charge in [-0.2, -0.15) is 0 Å². The van der Waals surface area contributed by atoms with E-state index >= 15 is 0 Å². The van der Waals surface area contributed by atoms with Crippen molar-refractivity contribution in [3.8, 4) is 0 Å². The Kier molecular flexibility index (Phi) is 3.10. The summed E-state index contributed by atoms with van der Waals surface area (Å²) in [6.07, 6.45) is 2.04. The average Bonchev–Trinajstić information content (AvgIpc) is 3.13. The molecule has 1 aliphatic rings. The minimum Gasteiger partial charge on any atom is -0.476 e. The topological polar surface area (TPSA) is 68.0 Å². The first-order valence-electron chi connectivity index (χ1n) is 6.06. The highest BCUT2D eigenvalue weighted by atomic mass is 79.9. The van der Waals surface area contributed by atoms with Crippen LogP contribution in [0.5, 0.6) is 0 Å². The van der Waals surface area contributed by atoms with Crippen molar-refractivity contribution >= 4 is 21.9 Å². The summed E-state index contributed by atoms with van der Waals surface area (Å²) in [5.74, 6) is -0.694. The van der Waals surface area contributed by atoms with Crippen molar-refractivity contribution in [2.24, 2.45) is 0 Å². The highest BCUT2D eigenvalue weighted by molar-refractivity contribution is 9.10. The van der Waals surface area contributed by atoms with Gasteiger partial charge in [-0.05, 0) is 30.5 Å². The number of carboxylic acids is 1. The number of rotatable bonds is 4. The number of carboxylic acid groups (broad SMARTS) is 1. The lowest BCUT2D eigenvalue weighted by Gasteiger charge is -2.06. The molecule has 1 aromatic carbocycles. The van der Waals surface area contributed by atoms with Crippen molar-refractivity contribution in [2.75, 3.05) is 0 Å². The van der Waals surface area contributed by atoms with Gasteiger partial charge in [0.05, 0.1) is 12.2 Å². The van der Waals surface area contributed by atoms with Crippen LogP contribution >= 0.6 is 15.9 Å². The molecule has 1 saturated carbocycles. The number of aromatic nitrogens is 3. The molecule has 3 rings (SSSR count). The van der Waals surface area contributed by atoms with E-state index in [-0.39, 0.29) is 5.69 Å². The van der Waals surface area contributed by atoms with E-state index in [0.29, 0.717) is 12.5 Å². The zero-order valence-corrected chi connectivity index (χ0v) is 11.7. The fraction of sp³-hybridized carbons (Fsp3) is 0.308. The van der Waals surface area contributed by atoms with Gasteiger partial charge >= 0.3 is 5.97 Å². The number of hydrogen-bond donors (Lipinski definition) is 1. The first kappa shape index (κ1) is 12.3. The van der Waals surface area contributed by atoms with Gasteiger partial charge in [-0.1, -0.05) is 33.3 Å². The molecule has 1 N–H and O–H groups in total. The molecule has 5 nitrogen and oxygen atoms in total. The summed E-state index contributed by atoms with van der Waals surface area (Å²) in [5, 5.41) is 16.9. The number of halogens is 1. The summed E-state index contributed by atoms with van der Waals surface area (Å²) in [6, 6.07) is 7.90. The lowest BCUT2D eigenvalue weighted by Crippen LogP contribution is -2.08. The molecular weight excluding hydrogens is 310 g/mol. The number of aromatic carboxylic acids is 1. The second-order valence-corrected chi connectivity index (χ2v) is 5.60. The summed E-state index contributed by atoms with van der Waals surface area (Å²) in [7, 11) is 0. The Balaban J connectivity index is 1.92. The maximum Gasteiger partial charge on any atom is 0.358 e. The van der Waals surface area contributed by atoms with E-state index in [1.54, 1.807) is 4.68 Å². The standard InChI is InChI=1S/C13H12BrN3O2/c14-10-5-1-8(2-6-10)7-17-12(9-3-4-9)11(13(18)19)15-16-17/h1-2,5-6,9H,3-4,7H2,(H,18,19). The third-order valence-corrected chi connectivity index (χ3v) is 3.71. The Morgan fingerprint density at radius 1 is 1.37 bits per heavy atom. The van der Waals surface area contributed by atoms with Crippen LogP contribution in [0.25, 0.3) is 0 Å². The molecule has 0 bridgehead atoms. The highest BCUT2D eigenvalue weighted by Gasteiger charge is 2.33. The Labute approximate surface area is 118 Å². The molecule has 0 unspecified atom stereocenters. The van der Waals surface area contributed by atoms with E-state index in [9.17, 15) is 4.79 Å². The van der Waals surface area contributed by atoms with E-state index in [1.165, 1.54) is 0 Å². The van der Waals surface area contributed by atoms with E-state index in [4.69, 9.17) is 5.11 Å². The van der Waals surface area contributed by atoms with Gasteiger partial charge in [0, 0.05) is 10.4 Å². The number of nitrogens with zero attached hydrogens (tertiary/aromatic N) is 3. The van der Waals surface area contributed by atoms with Crippen molar-refractivity contribution in [1.82, 2.24) is 15.0 Å². The molecule has 6 heteroatoms. The van der Waals surface area contributed by atoms with E-state index < -0.39 is 5.97 Å². The quantitative estimate of drug-likeness (QED) is 0.940. The van der Waals surface area contributed by atoms with Gasteiger partial charge in [-0.25, -0.2) is 9.48 Å². The van der Waals surface area contributed by atoms with Crippen molar-refractivity contribution in [1.29, 1.82) is 0 Å². The molecule has 1 heterocycles. The van der Waals surface area contributed by atoms with Crippen LogP contribution in [0.3, 0.4) is 0 Å². The second-order valence-electron chi connectivity index (χ2n) is 4.69. The summed E-state index contributed by atoms with van der Waals surface area (Å²) >= 11 is 3.39. The molecule has 0 radical (unpaired) electrons. The lowest BCUT2D eigenvalue weighted by atomic mass is 10.2. The first-order valence-corrected chi connectivity index (χ1v) is 6.85. The van der Waals surface area contributed by atoms with Crippen LogP contribution in [0.4, 0.5) is 0 Å². The average molecular weight is 322 g/mol. The molecule has 1 aromatic heterocycles. The molecule has 0 saturated heterocycles. The summed E-state index contributed by atoms with van der Waals surface area (Å²) in [5.41, 5.74) is 1.93. The van der Waals surface area contributed by atoms with Crippen LogP contribution in [0, 0.1) is 0 Å². The van der Waals surface area contributed by atoms with Gasteiger partial charge < -0.3 is 5.11 Å². The molecule has 19 heavy (non-hydrogen) atoms. The van der Waals surface area contributed by atoms with Crippen LogP contribution in [0.2, 0.25) is 0 Å². The Bertz CT molecular complexity index is 617. The molecular formula is C13H12BrN3O2. The summed E-state index contributed by atoms with van der Waals surface area (Å²) in [4.78, 5) is 11.1. The Hall–Kier alpha value is -1.69. The number of carbonyl (C=O) groups is 1. The monoisotopic (exact) mass is 321 g/mol. The largest absolute Gasteiger partial charge is 0.476 e. The Morgan fingerprint density at radius 3 is 2.63 bits per heavy atom. The summed E-state index contributed by atoms with van der Waals surface area (Å²) in [6.45, 7) is 0.555. The zero-order chi connectivity index (χ0) is 13.4. The van der Waals surface area contributed by atoms with E-state index in [1.807, 2.05) is 24.3 Å². The van der Waals surface area contributed by atoms with Crippen LogP contribution in [0.1, 0.15) is 40.5 Å². The maximum atomic E-state index is 11.1. The SMILES string of the molecule is O=C(O)c1nnn(Cc2ccc(Br)cc2)c1C1CC1. The predicted molar refractivity (Wildman–Crippen MR) is 72.2 cm³/mol. The minimum absolute atomic E-state index is 0.0969. The van der Waals surface area contributed by atoms with E-state index in [0.717, 1.165) is 28.6 Å². The molecule has 1 fully saturated rings. The fourth-order valence-electron chi connectivity index (χ4n) is 2.11. The molecule has 2 aromatic rings. The van der Waals surface area contributed by atoms with Crippen molar-refractivity contribution in [3.05, 3.63) is 45.7 Å². The van der Waals surface area contributed by atoms with Gasteiger partial charge in [-0.3, -0.25) is 0 Å². The minimum atomic E-state index is -0.996. The predicted octanol–water partition coefficient (Wildman–Crippen LogP) is 2.66. The van der Waals surface area contributed by atoms with Gasteiger partial charge in [0.2, 0.25) is 0 Å². The fourth-order valence-corrected chi connectivity index (χ4v) is 2.38. The molecule has 1 aliphatic carbocycles. The highest BCUT2D eigenvalue weighted by Crippen LogP contribution is 2.41. The third-order valence-electron chi connectivity index (χ3n) is 3.19. The zero-order valence-electron chi connectivity index (χ0n) is 10.1. The first-order chi connectivity index (χ1) is 9.15. The third kappa shape index (κ3) is 2.53. The van der Waals surface area contributed by atoms with Gasteiger partial charge in [-0.15, -0.1) is 5.10 Å². The van der Waals surface area contributed by atoms with Gasteiger partial charge in [0.15, 0.2) is 5.69 Å². The molecule has 98 valence electrons. The Morgan fingerprint density at radius 2 is 2.05 bits per heavy atom. The second kappa shape index (κ2) is 4.77. The van der Waals surface area contributed by atoms with Crippen molar-refractivity contribution in [2.45, 2.75) is 25.3 Å². The molecule has 0 amide bonds.